The Hall–Kier alpha value is -1.17. The zero-order valence-corrected chi connectivity index (χ0v) is 13.2. The van der Waals surface area contributed by atoms with Crippen molar-refractivity contribution in [3.63, 3.8) is 0 Å². The monoisotopic (exact) mass is 298 g/mol. The molecule has 2 unspecified atom stereocenters. The van der Waals surface area contributed by atoms with E-state index in [0.717, 1.165) is 0 Å². The summed E-state index contributed by atoms with van der Waals surface area (Å²) in [5.41, 5.74) is -1.42. The first-order valence-corrected chi connectivity index (χ1v) is 7.15. The third-order valence-electron chi connectivity index (χ3n) is 4.53. The molecule has 1 saturated carbocycles. The molecule has 1 aliphatic rings. The number of ether oxygens (including phenoxy) is 1. The van der Waals surface area contributed by atoms with Gasteiger partial charge >= 0.3 is 5.97 Å². The number of methoxy groups -OCH3 is 1. The highest BCUT2D eigenvalue weighted by atomic mass is 16.5. The summed E-state index contributed by atoms with van der Waals surface area (Å²) in [5, 5.41) is 30.6. The van der Waals surface area contributed by atoms with Gasteiger partial charge in [0.15, 0.2) is 0 Å². The number of aliphatic hydroxyl groups is 3. The summed E-state index contributed by atoms with van der Waals surface area (Å²) in [5.74, 6) is -0.665. The van der Waals surface area contributed by atoms with Crippen molar-refractivity contribution in [2.24, 2.45) is 11.3 Å². The Labute approximate surface area is 125 Å². The van der Waals surface area contributed by atoms with Gasteiger partial charge in [-0.15, -0.1) is 0 Å². The van der Waals surface area contributed by atoms with Gasteiger partial charge in [-0.05, 0) is 31.3 Å². The Morgan fingerprint density at radius 3 is 2.62 bits per heavy atom. The molecule has 0 aromatic rings. The van der Waals surface area contributed by atoms with Crippen molar-refractivity contribution in [1.29, 1.82) is 0 Å². The van der Waals surface area contributed by atoms with Crippen LogP contribution in [0.15, 0.2) is 23.8 Å². The van der Waals surface area contributed by atoms with Crippen LogP contribution in [-0.2, 0) is 9.53 Å². The number of rotatable bonds is 4. The number of carbonyl (C=O) groups excluding carboxylic acids is 1. The minimum atomic E-state index is -1.24. The third kappa shape index (κ3) is 3.73. The van der Waals surface area contributed by atoms with Gasteiger partial charge in [0.05, 0.1) is 25.4 Å². The predicted molar refractivity (Wildman–Crippen MR) is 79.5 cm³/mol. The van der Waals surface area contributed by atoms with Crippen LogP contribution in [0.25, 0.3) is 0 Å². The van der Waals surface area contributed by atoms with Crippen molar-refractivity contribution in [3.05, 3.63) is 23.8 Å². The summed E-state index contributed by atoms with van der Waals surface area (Å²) in [4.78, 5) is 11.2. The summed E-state index contributed by atoms with van der Waals surface area (Å²) >= 11 is 0. The van der Waals surface area contributed by atoms with Crippen molar-refractivity contribution < 1.29 is 24.9 Å². The van der Waals surface area contributed by atoms with Crippen LogP contribution in [0.2, 0.25) is 0 Å². The lowest BCUT2D eigenvalue weighted by atomic mass is 9.59. The largest absolute Gasteiger partial charge is 0.466 e. The Kier molecular flexibility index (Phi) is 5.73. The van der Waals surface area contributed by atoms with Crippen molar-refractivity contribution in [2.45, 2.75) is 45.3 Å². The SMILES string of the molecule is COC(=O)/C=C(C)\C=C\C1(O)[C@@H](C)C[C@@H](O)CC1(C)CO. The van der Waals surface area contributed by atoms with Crippen molar-refractivity contribution in [2.75, 3.05) is 13.7 Å². The second-order valence-electron chi connectivity index (χ2n) is 6.28. The lowest BCUT2D eigenvalue weighted by Crippen LogP contribution is -2.57. The molecule has 0 saturated heterocycles. The lowest BCUT2D eigenvalue weighted by Gasteiger charge is -2.51. The van der Waals surface area contributed by atoms with Crippen LogP contribution in [0.3, 0.4) is 0 Å². The van der Waals surface area contributed by atoms with Gasteiger partial charge in [-0.2, -0.15) is 0 Å². The van der Waals surface area contributed by atoms with Gasteiger partial charge in [0.1, 0.15) is 0 Å². The van der Waals surface area contributed by atoms with E-state index in [4.69, 9.17) is 0 Å². The number of hydrogen-bond donors (Lipinski definition) is 3. The zero-order chi connectivity index (χ0) is 16.3. The number of allylic oxidation sites excluding steroid dienone is 2. The van der Waals surface area contributed by atoms with Gasteiger partial charge in [-0.1, -0.05) is 26.0 Å². The van der Waals surface area contributed by atoms with E-state index < -0.39 is 23.1 Å². The summed E-state index contributed by atoms with van der Waals surface area (Å²) < 4.78 is 4.55. The first-order chi connectivity index (χ1) is 9.68. The van der Waals surface area contributed by atoms with Gasteiger partial charge in [0, 0.05) is 11.5 Å². The molecule has 0 amide bonds. The van der Waals surface area contributed by atoms with E-state index >= 15 is 0 Å². The van der Waals surface area contributed by atoms with Crippen LogP contribution in [0.1, 0.15) is 33.6 Å². The summed E-state index contributed by atoms with van der Waals surface area (Å²) in [6, 6.07) is 0. The summed E-state index contributed by atoms with van der Waals surface area (Å²) in [6.45, 7) is 5.11. The molecular weight excluding hydrogens is 272 g/mol. The van der Waals surface area contributed by atoms with E-state index in [9.17, 15) is 20.1 Å². The van der Waals surface area contributed by atoms with E-state index in [-0.39, 0.29) is 12.5 Å². The maximum absolute atomic E-state index is 11.2. The molecule has 3 N–H and O–H groups in total. The molecule has 120 valence electrons. The fourth-order valence-corrected chi connectivity index (χ4v) is 3.06. The van der Waals surface area contributed by atoms with Crippen LogP contribution in [0.5, 0.6) is 0 Å². The van der Waals surface area contributed by atoms with Crippen molar-refractivity contribution in [1.82, 2.24) is 0 Å². The molecule has 0 radical (unpaired) electrons. The highest BCUT2D eigenvalue weighted by molar-refractivity contribution is 5.83. The standard InChI is InChI=1S/C16H26O5/c1-11(7-14(19)21-4)5-6-16(20)12(2)8-13(18)9-15(16,3)10-17/h5-7,12-13,17-18,20H,8-10H2,1-4H3/b6-5+,11-7-/t12-,13+,15?,16?/m0/s1. The molecular formula is C16H26O5. The Morgan fingerprint density at radius 2 is 2.10 bits per heavy atom. The predicted octanol–water partition coefficient (Wildman–Crippen LogP) is 1.18. The van der Waals surface area contributed by atoms with Crippen LogP contribution in [0, 0.1) is 11.3 Å². The van der Waals surface area contributed by atoms with Gasteiger partial charge in [0.2, 0.25) is 0 Å². The molecule has 0 aromatic heterocycles. The molecule has 4 atom stereocenters. The minimum Gasteiger partial charge on any atom is -0.466 e. The molecule has 0 bridgehead atoms. The Balaban J connectivity index is 3.06. The average Bonchev–Trinajstić information content (AvgIpc) is 2.42. The molecule has 5 heteroatoms. The molecule has 0 heterocycles. The smallest absolute Gasteiger partial charge is 0.330 e. The maximum Gasteiger partial charge on any atom is 0.330 e. The third-order valence-corrected chi connectivity index (χ3v) is 4.53. The van der Waals surface area contributed by atoms with E-state index in [2.05, 4.69) is 4.74 Å². The van der Waals surface area contributed by atoms with E-state index in [0.29, 0.717) is 18.4 Å². The quantitative estimate of drug-likeness (QED) is 0.412. The summed E-state index contributed by atoms with van der Waals surface area (Å²) in [6.07, 6.45) is 4.87. The van der Waals surface area contributed by atoms with E-state index in [1.165, 1.54) is 13.2 Å². The fraction of sp³-hybridized carbons (Fsp3) is 0.688. The molecule has 21 heavy (non-hydrogen) atoms. The second-order valence-corrected chi connectivity index (χ2v) is 6.28. The van der Waals surface area contributed by atoms with Crippen molar-refractivity contribution in [3.8, 4) is 0 Å². The molecule has 0 aromatic carbocycles. The van der Waals surface area contributed by atoms with Gasteiger partial charge < -0.3 is 20.1 Å². The van der Waals surface area contributed by atoms with Gasteiger partial charge in [0.25, 0.3) is 0 Å². The average molecular weight is 298 g/mol. The van der Waals surface area contributed by atoms with Crippen LogP contribution >= 0.6 is 0 Å². The maximum atomic E-state index is 11.2. The Morgan fingerprint density at radius 1 is 1.48 bits per heavy atom. The van der Waals surface area contributed by atoms with E-state index in [1.807, 2.05) is 6.92 Å². The molecule has 1 aliphatic carbocycles. The summed E-state index contributed by atoms with van der Waals surface area (Å²) in [7, 11) is 1.30. The second kappa shape index (κ2) is 6.73. The molecule has 0 spiro atoms. The fourth-order valence-electron chi connectivity index (χ4n) is 3.06. The zero-order valence-electron chi connectivity index (χ0n) is 13.2. The normalized spacial score (nSPS) is 37.8. The highest BCUT2D eigenvalue weighted by Gasteiger charge is 2.52. The first kappa shape index (κ1) is 17.9. The van der Waals surface area contributed by atoms with Crippen LogP contribution < -0.4 is 0 Å². The van der Waals surface area contributed by atoms with Gasteiger partial charge in [-0.25, -0.2) is 4.79 Å². The van der Waals surface area contributed by atoms with Gasteiger partial charge in [-0.3, -0.25) is 0 Å². The Bertz CT molecular complexity index is 442. The minimum absolute atomic E-state index is 0.208. The molecule has 5 nitrogen and oxygen atoms in total. The molecule has 1 rings (SSSR count). The number of carbonyl (C=O) groups is 1. The molecule has 0 aliphatic heterocycles. The van der Waals surface area contributed by atoms with Crippen LogP contribution in [-0.4, -0.2) is 46.7 Å². The topological polar surface area (TPSA) is 87.0 Å². The van der Waals surface area contributed by atoms with Crippen molar-refractivity contribution >= 4 is 5.97 Å². The first-order valence-electron chi connectivity index (χ1n) is 7.15. The molecule has 1 fully saturated rings. The number of aliphatic hydroxyl groups excluding tert-OH is 2. The highest BCUT2D eigenvalue weighted by Crippen LogP contribution is 2.48. The number of esters is 1. The lowest BCUT2D eigenvalue weighted by molar-refractivity contribution is -0.152. The number of hydrogen-bond acceptors (Lipinski definition) is 5. The van der Waals surface area contributed by atoms with Crippen LogP contribution in [0.4, 0.5) is 0 Å². The van der Waals surface area contributed by atoms with E-state index in [1.54, 1.807) is 26.0 Å².